The van der Waals surface area contributed by atoms with Crippen LogP contribution in [0.15, 0.2) is 77.7 Å². The van der Waals surface area contributed by atoms with Crippen molar-refractivity contribution in [2.45, 2.75) is 51.2 Å². The van der Waals surface area contributed by atoms with Crippen molar-refractivity contribution in [3.05, 3.63) is 89.7 Å². The van der Waals surface area contributed by atoms with E-state index in [0.29, 0.717) is 5.56 Å². The molecule has 0 aliphatic carbocycles. The van der Waals surface area contributed by atoms with Gasteiger partial charge in [0.2, 0.25) is 11.8 Å². The van der Waals surface area contributed by atoms with Crippen LogP contribution >= 0.6 is 0 Å². The number of ether oxygens (including phenoxy) is 1. The number of hydrogen-bond donors (Lipinski definition) is 1. The summed E-state index contributed by atoms with van der Waals surface area (Å²) in [7, 11) is -2.80. The molecular weight excluding hydrogens is 521 g/mol. The Hall–Kier alpha value is -3.92. The fourth-order valence-electron chi connectivity index (χ4n) is 4.00. The highest BCUT2D eigenvalue weighted by Crippen LogP contribution is 2.33. The van der Waals surface area contributed by atoms with E-state index in [4.69, 9.17) is 4.74 Å². The van der Waals surface area contributed by atoms with Crippen molar-refractivity contribution in [2.24, 2.45) is 0 Å². The molecule has 208 valence electrons. The predicted molar refractivity (Wildman–Crippen MR) is 148 cm³/mol. The molecule has 0 aliphatic rings. The van der Waals surface area contributed by atoms with Crippen molar-refractivity contribution in [2.75, 3.05) is 18.0 Å². The summed E-state index contributed by atoms with van der Waals surface area (Å²) in [6.07, 6.45) is 0. The molecule has 0 radical (unpaired) electrons. The molecule has 2 amide bonds. The van der Waals surface area contributed by atoms with Crippen LogP contribution in [0, 0.1) is 12.7 Å². The first-order valence-corrected chi connectivity index (χ1v) is 13.9. The third-order valence-electron chi connectivity index (χ3n) is 6.08. The molecule has 0 saturated carbocycles. The lowest BCUT2D eigenvalue weighted by Gasteiger charge is -2.32. The molecule has 0 spiro atoms. The normalized spacial score (nSPS) is 12.1. The third-order valence-corrected chi connectivity index (χ3v) is 7.85. The number of anilines is 1. The van der Waals surface area contributed by atoms with Gasteiger partial charge in [-0.15, -0.1) is 0 Å². The van der Waals surface area contributed by atoms with E-state index in [1.54, 1.807) is 64.1 Å². The van der Waals surface area contributed by atoms with Crippen LogP contribution in [-0.4, -0.2) is 50.9 Å². The van der Waals surface area contributed by atoms with E-state index in [1.807, 2.05) is 0 Å². The molecule has 10 heteroatoms. The number of nitrogens with zero attached hydrogens (tertiary/aromatic N) is 2. The molecule has 3 aromatic rings. The topological polar surface area (TPSA) is 96.0 Å². The number of amides is 2. The Bertz CT molecular complexity index is 1400. The lowest BCUT2D eigenvalue weighted by atomic mass is 10.1. The summed E-state index contributed by atoms with van der Waals surface area (Å²) in [5.41, 5.74) is 1.54. The van der Waals surface area contributed by atoms with Crippen molar-refractivity contribution in [1.82, 2.24) is 10.2 Å². The molecular formula is C29H34FN3O5S. The van der Waals surface area contributed by atoms with Gasteiger partial charge in [-0.25, -0.2) is 12.8 Å². The number of halogens is 1. The lowest BCUT2D eigenvalue weighted by molar-refractivity contribution is -0.139. The van der Waals surface area contributed by atoms with Gasteiger partial charge >= 0.3 is 0 Å². The molecule has 8 nitrogen and oxygen atoms in total. The van der Waals surface area contributed by atoms with Gasteiger partial charge in [0, 0.05) is 12.6 Å². The van der Waals surface area contributed by atoms with Crippen molar-refractivity contribution >= 4 is 27.5 Å². The number of hydrogen-bond acceptors (Lipinski definition) is 5. The maximum absolute atomic E-state index is 13.9. The number of rotatable bonds is 11. The zero-order valence-electron chi connectivity index (χ0n) is 22.7. The highest BCUT2D eigenvalue weighted by molar-refractivity contribution is 7.92. The van der Waals surface area contributed by atoms with Gasteiger partial charge in [-0.3, -0.25) is 13.9 Å². The average Bonchev–Trinajstić information content (AvgIpc) is 2.90. The maximum atomic E-state index is 13.9. The molecule has 39 heavy (non-hydrogen) atoms. The molecule has 0 aromatic heterocycles. The van der Waals surface area contributed by atoms with Crippen molar-refractivity contribution in [3.63, 3.8) is 0 Å². The average molecular weight is 556 g/mol. The Morgan fingerprint density at radius 1 is 0.974 bits per heavy atom. The van der Waals surface area contributed by atoms with Gasteiger partial charge in [-0.2, -0.15) is 0 Å². The standard InChI is InChI=1S/C29H34FN3O5S/c1-20(2)31-29(35)22(4)32(18-23-12-14-24(30)15-13-23)28(34)19-33(26-17-21(3)11-16-27(26)38-5)39(36,37)25-9-7-6-8-10-25/h6-17,20,22H,18-19H2,1-5H3,(H,31,35)/t22-/m0/s1. The van der Waals surface area contributed by atoms with Gasteiger partial charge in [-0.1, -0.05) is 36.4 Å². The summed E-state index contributed by atoms with van der Waals surface area (Å²) < 4.78 is 47.8. The fraction of sp³-hybridized carbons (Fsp3) is 0.310. The smallest absolute Gasteiger partial charge is 0.264 e. The fourth-order valence-corrected chi connectivity index (χ4v) is 5.44. The highest BCUT2D eigenvalue weighted by Gasteiger charge is 2.34. The van der Waals surface area contributed by atoms with Gasteiger partial charge in [-0.05, 0) is 75.2 Å². The predicted octanol–water partition coefficient (Wildman–Crippen LogP) is 4.28. The van der Waals surface area contributed by atoms with E-state index < -0.39 is 40.2 Å². The minimum absolute atomic E-state index is 0.00274. The zero-order chi connectivity index (χ0) is 28.7. The number of benzene rings is 3. The Labute approximate surface area is 229 Å². The first kappa shape index (κ1) is 29.6. The number of sulfonamides is 1. The number of carbonyl (C=O) groups excluding carboxylic acids is 2. The number of aryl methyl sites for hydroxylation is 1. The van der Waals surface area contributed by atoms with Gasteiger partial charge < -0.3 is 15.0 Å². The van der Waals surface area contributed by atoms with Crippen LogP contribution in [0.4, 0.5) is 10.1 Å². The quantitative estimate of drug-likeness (QED) is 0.381. The van der Waals surface area contributed by atoms with Gasteiger partial charge in [0.15, 0.2) is 0 Å². The van der Waals surface area contributed by atoms with Gasteiger partial charge in [0.1, 0.15) is 24.2 Å². The molecule has 0 fully saturated rings. The van der Waals surface area contributed by atoms with Crippen molar-refractivity contribution < 1.29 is 27.1 Å². The monoisotopic (exact) mass is 555 g/mol. The van der Waals surface area contributed by atoms with E-state index in [1.165, 1.54) is 48.4 Å². The second kappa shape index (κ2) is 12.8. The van der Waals surface area contributed by atoms with E-state index in [-0.39, 0.29) is 28.9 Å². The Balaban J connectivity index is 2.08. The van der Waals surface area contributed by atoms with Crippen LogP contribution in [0.2, 0.25) is 0 Å². The van der Waals surface area contributed by atoms with Crippen LogP contribution in [0.5, 0.6) is 5.75 Å². The van der Waals surface area contributed by atoms with E-state index in [2.05, 4.69) is 5.32 Å². The maximum Gasteiger partial charge on any atom is 0.264 e. The summed E-state index contributed by atoms with van der Waals surface area (Å²) in [5.74, 6) is -1.18. The minimum Gasteiger partial charge on any atom is -0.495 e. The summed E-state index contributed by atoms with van der Waals surface area (Å²) >= 11 is 0. The Kier molecular flexibility index (Phi) is 9.69. The third kappa shape index (κ3) is 7.35. The van der Waals surface area contributed by atoms with Crippen LogP contribution in [0.1, 0.15) is 31.9 Å². The van der Waals surface area contributed by atoms with Crippen molar-refractivity contribution in [1.29, 1.82) is 0 Å². The molecule has 1 atom stereocenters. The second-order valence-electron chi connectivity index (χ2n) is 9.49. The summed E-state index contributed by atoms with van der Waals surface area (Å²) in [6, 6.07) is 17.3. The summed E-state index contributed by atoms with van der Waals surface area (Å²) in [4.78, 5) is 28.2. The van der Waals surface area contributed by atoms with E-state index in [0.717, 1.165) is 9.87 Å². The number of methoxy groups -OCH3 is 1. The largest absolute Gasteiger partial charge is 0.495 e. The van der Waals surface area contributed by atoms with Crippen LogP contribution in [0.25, 0.3) is 0 Å². The molecule has 0 saturated heterocycles. The molecule has 0 bridgehead atoms. The first-order valence-electron chi connectivity index (χ1n) is 12.5. The van der Waals surface area contributed by atoms with Crippen LogP contribution in [-0.2, 0) is 26.2 Å². The second-order valence-corrected chi connectivity index (χ2v) is 11.3. The van der Waals surface area contributed by atoms with E-state index in [9.17, 15) is 22.4 Å². The van der Waals surface area contributed by atoms with Crippen molar-refractivity contribution in [3.8, 4) is 5.75 Å². The highest BCUT2D eigenvalue weighted by atomic mass is 32.2. The zero-order valence-corrected chi connectivity index (χ0v) is 23.5. The Morgan fingerprint density at radius 2 is 1.62 bits per heavy atom. The Morgan fingerprint density at radius 3 is 2.21 bits per heavy atom. The SMILES string of the molecule is COc1ccc(C)cc1N(CC(=O)N(Cc1ccc(F)cc1)[C@@H](C)C(=O)NC(C)C)S(=O)(=O)c1ccccc1. The molecule has 0 unspecified atom stereocenters. The molecule has 1 N–H and O–H groups in total. The molecule has 3 rings (SSSR count). The van der Waals surface area contributed by atoms with Gasteiger partial charge in [0.25, 0.3) is 10.0 Å². The number of nitrogens with one attached hydrogen (secondary N) is 1. The minimum atomic E-state index is -4.22. The molecule has 3 aromatic carbocycles. The lowest BCUT2D eigenvalue weighted by Crippen LogP contribution is -2.52. The number of carbonyl (C=O) groups is 2. The summed E-state index contributed by atoms with van der Waals surface area (Å²) in [6.45, 7) is 6.34. The van der Waals surface area contributed by atoms with Gasteiger partial charge in [0.05, 0.1) is 17.7 Å². The molecule has 0 heterocycles. The molecule has 0 aliphatic heterocycles. The summed E-state index contributed by atoms with van der Waals surface area (Å²) in [5, 5.41) is 2.79. The van der Waals surface area contributed by atoms with E-state index >= 15 is 0 Å². The first-order chi connectivity index (χ1) is 18.4. The van der Waals surface area contributed by atoms with Crippen LogP contribution < -0.4 is 14.4 Å². The van der Waals surface area contributed by atoms with Crippen LogP contribution in [0.3, 0.4) is 0 Å².